The highest BCUT2D eigenvalue weighted by Gasteiger charge is 2.40. The van der Waals surface area contributed by atoms with Gasteiger partial charge in [0.1, 0.15) is 0 Å². The quantitative estimate of drug-likeness (QED) is 0.905. The number of ether oxygens (including phenoxy) is 1. The number of hydrogen-bond acceptors (Lipinski definition) is 3. The molecule has 0 radical (unpaired) electrons. The average Bonchev–Trinajstić information content (AvgIpc) is 3.02. The third-order valence-corrected chi connectivity index (χ3v) is 4.56. The van der Waals surface area contributed by atoms with Crippen molar-refractivity contribution in [3.8, 4) is 5.88 Å². The summed E-state index contributed by atoms with van der Waals surface area (Å²) in [6.45, 7) is 0. The van der Waals surface area contributed by atoms with Crippen LogP contribution in [0, 0.1) is 17.8 Å². The summed E-state index contributed by atoms with van der Waals surface area (Å²) >= 11 is 0. The molecular weight excluding hydrogens is 240 g/mol. The number of amides is 1. The molecule has 4 nitrogen and oxygen atoms in total. The lowest BCUT2D eigenvalue weighted by atomic mass is 9.86. The van der Waals surface area contributed by atoms with Gasteiger partial charge in [0, 0.05) is 12.5 Å². The van der Waals surface area contributed by atoms with Crippen molar-refractivity contribution in [1.29, 1.82) is 0 Å². The Hall–Kier alpha value is -1.58. The smallest absolute Gasteiger partial charge is 0.224 e. The minimum absolute atomic E-state index is 0.115. The van der Waals surface area contributed by atoms with Gasteiger partial charge >= 0.3 is 0 Å². The zero-order chi connectivity index (χ0) is 13.2. The highest BCUT2D eigenvalue weighted by Crippen LogP contribution is 2.49. The molecule has 2 aliphatic rings. The van der Waals surface area contributed by atoms with Gasteiger partial charge in [-0.2, -0.15) is 0 Å². The molecule has 102 valence electrons. The van der Waals surface area contributed by atoms with Crippen LogP contribution in [0.25, 0.3) is 0 Å². The maximum Gasteiger partial charge on any atom is 0.224 e. The van der Waals surface area contributed by atoms with Crippen LogP contribution in [0.3, 0.4) is 0 Å². The second-order valence-electron chi connectivity index (χ2n) is 5.78. The van der Waals surface area contributed by atoms with E-state index in [-0.39, 0.29) is 5.91 Å². The van der Waals surface area contributed by atoms with Crippen LogP contribution in [0.4, 0.5) is 5.69 Å². The first-order valence-electron chi connectivity index (χ1n) is 7.04. The van der Waals surface area contributed by atoms with Crippen LogP contribution in [0.1, 0.15) is 32.1 Å². The van der Waals surface area contributed by atoms with Crippen LogP contribution in [0.5, 0.6) is 5.88 Å². The highest BCUT2D eigenvalue weighted by molar-refractivity contribution is 5.90. The van der Waals surface area contributed by atoms with Crippen molar-refractivity contribution in [3.05, 3.63) is 18.3 Å². The third kappa shape index (κ3) is 2.72. The third-order valence-electron chi connectivity index (χ3n) is 4.56. The molecule has 1 aromatic heterocycles. The van der Waals surface area contributed by atoms with Crippen molar-refractivity contribution >= 4 is 11.6 Å². The van der Waals surface area contributed by atoms with E-state index >= 15 is 0 Å². The largest absolute Gasteiger partial charge is 0.481 e. The van der Waals surface area contributed by atoms with E-state index in [1.54, 1.807) is 19.4 Å². The Morgan fingerprint density at radius 2 is 2.32 bits per heavy atom. The van der Waals surface area contributed by atoms with E-state index in [1.165, 1.54) is 25.7 Å². The van der Waals surface area contributed by atoms with Crippen molar-refractivity contribution < 1.29 is 9.53 Å². The van der Waals surface area contributed by atoms with Crippen LogP contribution in [0.2, 0.25) is 0 Å². The second kappa shape index (κ2) is 5.19. The number of nitrogens with one attached hydrogen (secondary N) is 1. The monoisotopic (exact) mass is 260 g/mol. The molecule has 0 saturated heterocycles. The summed E-state index contributed by atoms with van der Waals surface area (Å²) in [6.07, 6.45) is 7.60. The van der Waals surface area contributed by atoms with E-state index in [1.807, 2.05) is 6.07 Å². The van der Waals surface area contributed by atoms with E-state index in [9.17, 15) is 4.79 Å². The fraction of sp³-hybridized carbons (Fsp3) is 0.600. The van der Waals surface area contributed by atoms with Crippen molar-refractivity contribution in [3.63, 3.8) is 0 Å². The molecule has 0 aliphatic heterocycles. The molecule has 19 heavy (non-hydrogen) atoms. The molecule has 0 aromatic carbocycles. The molecule has 1 heterocycles. The van der Waals surface area contributed by atoms with Crippen LogP contribution in [-0.2, 0) is 4.79 Å². The number of rotatable bonds is 4. The molecule has 0 unspecified atom stereocenters. The molecule has 2 bridgehead atoms. The number of carbonyl (C=O) groups is 1. The molecule has 1 aromatic rings. The van der Waals surface area contributed by atoms with Gasteiger partial charge in [-0.1, -0.05) is 6.42 Å². The maximum atomic E-state index is 12.0. The number of nitrogens with zero attached hydrogens (tertiary/aromatic N) is 1. The van der Waals surface area contributed by atoms with Crippen LogP contribution >= 0.6 is 0 Å². The maximum absolute atomic E-state index is 12.0. The standard InChI is InChI=1S/C15H20N2O2/c1-19-15-5-4-13(9-16-15)17-14(18)8-12-7-10-2-3-11(12)6-10/h4-5,9-12H,2-3,6-8H2,1H3,(H,17,18)/t10-,11+,12+/m0/s1. The lowest BCUT2D eigenvalue weighted by Gasteiger charge is -2.20. The van der Waals surface area contributed by atoms with E-state index < -0.39 is 0 Å². The summed E-state index contributed by atoms with van der Waals surface area (Å²) in [5.74, 6) is 2.97. The number of aromatic nitrogens is 1. The van der Waals surface area contributed by atoms with Crippen molar-refractivity contribution in [2.24, 2.45) is 17.8 Å². The van der Waals surface area contributed by atoms with Gasteiger partial charge < -0.3 is 10.1 Å². The summed E-state index contributed by atoms with van der Waals surface area (Å²) < 4.78 is 4.99. The number of hydrogen-bond donors (Lipinski definition) is 1. The minimum Gasteiger partial charge on any atom is -0.481 e. The van der Waals surface area contributed by atoms with Gasteiger partial charge in [0.15, 0.2) is 0 Å². The number of fused-ring (bicyclic) bond motifs is 2. The molecular formula is C15H20N2O2. The lowest BCUT2D eigenvalue weighted by Crippen LogP contribution is -2.20. The molecule has 2 fully saturated rings. The zero-order valence-corrected chi connectivity index (χ0v) is 11.3. The lowest BCUT2D eigenvalue weighted by molar-refractivity contribution is -0.117. The summed E-state index contributed by atoms with van der Waals surface area (Å²) in [7, 11) is 1.58. The van der Waals surface area contributed by atoms with Gasteiger partial charge in [-0.05, 0) is 43.1 Å². The van der Waals surface area contributed by atoms with Crippen LogP contribution in [0.15, 0.2) is 18.3 Å². The van der Waals surface area contributed by atoms with Gasteiger partial charge in [-0.15, -0.1) is 0 Å². The summed E-state index contributed by atoms with van der Waals surface area (Å²) in [6, 6.07) is 3.58. The predicted octanol–water partition coefficient (Wildman–Crippen LogP) is 2.86. The summed E-state index contributed by atoms with van der Waals surface area (Å²) in [5, 5.41) is 2.92. The molecule has 1 N–H and O–H groups in total. The normalized spacial score (nSPS) is 28.4. The number of methoxy groups -OCH3 is 1. The van der Waals surface area contributed by atoms with Gasteiger partial charge in [0.2, 0.25) is 11.8 Å². The van der Waals surface area contributed by atoms with E-state index in [0.717, 1.165) is 17.5 Å². The predicted molar refractivity (Wildman–Crippen MR) is 73.0 cm³/mol. The van der Waals surface area contributed by atoms with Gasteiger partial charge in [0.05, 0.1) is 19.0 Å². The first-order chi connectivity index (χ1) is 9.24. The Balaban J connectivity index is 1.53. The molecule has 3 rings (SSSR count). The Kier molecular flexibility index (Phi) is 3.40. The average molecular weight is 260 g/mol. The Morgan fingerprint density at radius 1 is 1.42 bits per heavy atom. The fourth-order valence-corrected chi connectivity index (χ4v) is 3.65. The second-order valence-corrected chi connectivity index (χ2v) is 5.78. The Labute approximate surface area is 113 Å². The minimum atomic E-state index is 0.115. The van der Waals surface area contributed by atoms with E-state index in [0.29, 0.717) is 18.2 Å². The first-order valence-corrected chi connectivity index (χ1v) is 7.04. The van der Waals surface area contributed by atoms with Crippen LogP contribution in [-0.4, -0.2) is 18.0 Å². The SMILES string of the molecule is COc1ccc(NC(=O)C[C@H]2C[C@H]3CC[C@@H]2C3)cn1. The van der Waals surface area contributed by atoms with Gasteiger partial charge in [0.25, 0.3) is 0 Å². The highest BCUT2D eigenvalue weighted by atomic mass is 16.5. The molecule has 0 spiro atoms. The van der Waals surface area contributed by atoms with Crippen molar-refractivity contribution in [2.75, 3.05) is 12.4 Å². The van der Waals surface area contributed by atoms with E-state index in [4.69, 9.17) is 4.74 Å². The van der Waals surface area contributed by atoms with Crippen LogP contribution < -0.4 is 10.1 Å². The van der Waals surface area contributed by atoms with Crippen molar-refractivity contribution in [2.45, 2.75) is 32.1 Å². The fourth-order valence-electron chi connectivity index (χ4n) is 3.65. The summed E-state index contributed by atoms with van der Waals surface area (Å²) in [5.41, 5.74) is 0.744. The summed E-state index contributed by atoms with van der Waals surface area (Å²) in [4.78, 5) is 16.1. The molecule has 2 saturated carbocycles. The Bertz CT molecular complexity index is 458. The van der Waals surface area contributed by atoms with E-state index in [2.05, 4.69) is 10.3 Å². The molecule has 4 heteroatoms. The first kappa shape index (κ1) is 12.5. The zero-order valence-electron chi connectivity index (χ0n) is 11.3. The van der Waals surface area contributed by atoms with Gasteiger partial charge in [-0.3, -0.25) is 4.79 Å². The van der Waals surface area contributed by atoms with Gasteiger partial charge in [-0.25, -0.2) is 4.98 Å². The molecule has 1 amide bonds. The topological polar surface area (TPSA) is 51.2 Å². The molecule has 2 aliphatic carbocycles. The number of anilines is 1. The Morgan fingerprint density at radius 3 is 2.89 bits per heavy atom. The molecule has 3 atom stereocenters. The number of pyridine rings is 1. The number of carbonyl (C=O) groups excluding carboxylic acids is 1. The van der Waals surface area contributed by atoms with Crippen molar-refractivity contribution in [1.82, 2.24) is 4.98 Å².